The molecule has 0 spiro atoms. The molecule has 0 unspecified atom stereocenters. The van der Waals surface area contributed by atoms with Gasteiger partial charge in [0.05, 0.1) is 5.25 Å². The molecule has 1 heterocycles. The monoisotopic (exact) mass is 279 g/mol. The Bertz CT molecular complexity index is 450. The van der Waals surface area contributed by atoms with Crippen molar-refractivity contribution in [2.75, 3.05) is 20.3 Å². The fourth-order valence-electron chi connectivity index (χ4n) is 2.39. The number of ether oxygens (including phenoxy) is 1. The molecule has 0 aromatic heterocycles. The number of nitrogens with zero attached hydrogens (tertiary/aromatic N) is 1. The third-order valence-electron chi connectivity index (χ3n) is 3.45. The predicted octanol–water partition coefficient (Wildman–Crippen LogP) is 2.99. The van der Waals surface area contributed by atoms with E-state index in [2.05, 4.69) is 19.1 Å². The number of hydrogen-bond donors (Lipinski definition) is 0. The van der Waals surface area contributed by atoms with Gasteiger partial charge in [0.15, 0.2) is 0 Å². The molecule has 2 atom stereocenters. The Morgan fingerprint density at radius 2 is 2.11 bits per heavy atom. The Kier molecular flexibility index (Phi) is 4.88. The van der Waals surface area contributed by atoms with Crippen LogP contribution >= 0.6 is 11.8 Å². The maximum absolute atomic E-state index is 12.3. The van der Waals surface area contributed by atoms with E-state index in [9.17, 15) is 4.79 Å². The molecule has 1 aliphatic rings. The first-order chi connectivity index (χ1) is 9.15. The highest BCUT2D eigenvalue weighted by Crippen LogP contribution is 2.43. The summed E-state index contributed by atoms with van der Waals surface area (Å²) in [6, 6.07) is 8.32. The smallest absolute Gasteiger partial charge is 0.236 e. The van der Waals surface area contributed by atoms with Gasteiger partial charge in [0, 0.05) is 20.3 Å². The normalized spacial score (nSPS) is 23.1. The molecule has 0 saturated carbocycles. The lowest BCUT2D eigenvalue weighted by Crippen LogP contribution is -2.32. The van der Waals surface area contributed by atoms with E-state index in [1.807, 2.05) is 24.0 Å². The Morgan fingerprint density at radius 3 is 2.79 bits per heavy atom. The van der Waals surface area contributed by atoms with Crippen LogP contribution in [0.4, 0.5) is 0 Å². The number of hydrogen-bond acceptors (Lipinski definition) is 3. The summed E-state index contributed by atoms with van der Waals surface area (Å²) in [5, 5.41) is 0.202. The van der Waals surface area contributed by atoms with E-state index in [1.54, 1.807) is 18.9 Å². The molecule has 0 radical (unpaired) electrons. The third kappa shape index (κ3) is 3.12. The summed E-state index contributed by atoms with van der Waals surface area (Å²) in [7, 11) is 1.70. The first-order valence-corrected chi connectivity index (χ1v) is 7.60. The van der Waals surface area contributed by atoms with Crippen molar-refractivity contribution >= 4 is 17.7 Å². The number of rotatable bonds is 5. The molecule has 19 heavy (non-hydrogen) atoms. The van der Waals surface area contributed by atoms with E-state index in [0.717, 1.165) is 13.0 Å². The van der Waals surface area contributed by atoms with Crippen molar-refractivity contribution in [1.82, 2.24) is 4.90 Å². The van der Waals surface area contributed by atoms with Gasteiger partial charge in [0.25, 0.3) is 0 Å². The molecule has 4 heteroatoms. The van der Waals surface area contributed by atoms with Crippen LogP contribution in [-0.4, -0.2) is 36.3 Å². The van der Waals surface area contributed by atoms with Gasteiger partial charge >= 0.3 is 0 Å². The topological polar surface area (TPSA) is 29.5 Å². The highest BCUT2D eigenvalue weighted by molar-refractivity contribution is 8.01. The predicted molar refractivity (Wildman–Crippen MR) is 79.2 cm³/mol. The zero-order valence-electron chi connectivity index (χ0n) is 11.8. The van der Waals surface area contributed by atoms with Crippen molar-refractivity contribution in [3.8, 4) is 0 Å². The summed E-state index contributed by atoms with van der Waals surface area (Å²) >= 11 is 1.74. The molecule has 1 saturated heterocycles. The molecule has 3 nitrogen and oxygen atoms in total. The Hall–Kier alpha value is -1.00. The van der Waals surface area contributed by atoms with E-state index in [4.69, 9.17) is 4.74 Å². The van der Waals surface area contributed by atoms with E-state index in [0.29, 0.717) is 6.61 Å². The van der Waals surface area contributed by atoms with Gasteiger partial charge in [-0.15, -0.1) is 11.8 Å². The van der Waals surface area contributed by atoms with E-state index < -0.39 is 0 Å². The molecule has 0 N–H and O–H groups in total. The van der Waals surface area contributed by atoms with Crippen molar-refractivity contribution in [1.29, 1.82) is 0 Å². The largest absolute Gasteiger partial charge is 0.385 e. The van der Waals surface area contributed by atoms with Crippen LogP contribution < -0.4 is 0 Å². The van der Waals surface area contributed by atoms with Gasteiger partial charge in [0.1, 0.15) is 5.37 Å². The first-order valence-electron chi connectivity index (χ1n) is 6.65. The van der Waals surface area contributed by atoms with Crippen molar-refractivity contribution in [2.45, 2.75) is 30.9 Å². The van der Waals surface area contributed by atoms with Crippen LogP contribution in [0, 0.1) is 6.92 Å². The summed E-state index contributed by atoms with van der Waals surface area (Å²) in [4.78, 5) is 14.3. The molecular formula is C15H21NO2S. The maximum Gasteiger partial charge on any atom is 0.236 e. The fourth-order valence-corrected chi connectivity index (χ4v) is 3.79. The van der Waals surface area contributed by atoms with Gasteiger partial charge in [-0.1, -0.05) is 24.3 Å². The summed E-state index contributed by atoms with van der Waals surface area (Å²) < 4.78 is 5.08. The molecule has 1 aromatic rings. The van der Waals surface area contributed by atoms with Crippen molar-refractivity contribution in [2.24, 2.45) is 0 Å². The Balaban J connectivity index is 2.17. The zero-order chi connectivity index (χ0) is 13.8. The minimum atomic E-state index is 0.0483. The van der Waals surface area contributed by atoms with E-state index in [-0.39, 0.29) is 16.5 Å². The third-order valence-corrected chi connectivity index (χ3v) is 4.83. The molecule has 2 rings (SSSR count). The second-order valence-corrected chi connectivity index (χ2v) is 6.29. The Labute approximate surface area is 119 Å². The van der Waals surface area contributed by atoms with Gasteiger partial charge in [-0.2, -0.15) is 0 Å². The minimum Gasteiger partial charge on any atom is -0.385 e. The van der Waals surface area contributed by atoms with Crippen LogP contribution in [0.5, 0.6) is 0 Å². The molecule has 1 amide bonds. The number of aryl methyl sites for hydroxylation is 1. The van der Waals surface area contributed by atoms with Crippen LogP contribution in [0.2, 0.25) is 0 Å². The lowest BCUT2D eigenvalue weighted by Gasteiger charge is -2.25. The summed E-state index contributed by atoms with van der Waals surface area (Å²) in [5.74, 6) is 0.245. The minimum absolute atomic E-state index is 0.0483. The molecule has 1 aliphatic heterocycles. The standard InChI is InChI=1S/C15H21NO2S/c1-11-7-4-5-8-13(11)15-16(9-6-10-18-3)14(17)12(2)19-15/h4-5,7-8,12,15H,6,9-10H2,1-3H3/t12-,15-/m0/s1. The van der Waals surface area contributed by atoms with Crippen LogP contribution in [0.15, 0.2) is 24.3 Å². The maximum atomic E-state index is 12.3. The highest BCUT2D eigenvalue weighted by Gasteiger charge is 2.38. The van der Waals surface area contributed by atoms with Gasteiger partial charge in [0.2, 0.25) is 5.91 Å². The molecule has 104 valence electrons. The lowest BCUT2D eigenvalue weighted by molar-refractivity contribution is -0.130. The van der Waals surface area contributed by atoms with Crippen LogP contribution in [0.3, 0.4) is 0 Å². The quantitative estimate of drug-likeness (QED) is 0.776. The number of benzene rings is 1. The van der Waals surface area contributed by atoms with Crippen molar-refractivity contribution in [3.63, 3.8) is 0 Å². The average Bonchev–Trinajstić information content (AvgIpc) is 2.68. The van der Waals surface area contributed by atoms with Crippen molar-refractivity contribution < 1.29 is 9.53 Å². The second-order valence-electron chi connectivity index (χ2n) is 4.87. The van der Waals surface area contributed by atoms with Gasteiger partial charge in [-0.3, -0.25) is 4.79 Å². The van der Waals surface area contributed by atoms with Crippen LogP contribution in [0.1, 0.15) is 29.8 Å². The van der Waals surface area contributed by atoms with Crippen LogP contribution in [0.25, 0.3) is 0 Å². The van der Waals surface area contributed by atoms with E-state index >= 15 is 0 Å². The second kappa shape index (κ2) is 6.44. The zero-order valence-corrected chi connectivity index (χ0v) is 12.6. The average molecular weight is 279 g/mol. The fraction of sp³-hybridized carbons (Fsp3) is 0.533. The Morgan fingerprint density at radius 1 is 1.37 bits per heavy atom. The van der Waals surface area contributed by atoms with Gasteiger partial charge in [-0.05, 0) is 31.4 Å². The van der Waals surface area contributed by atoms with Gasteiger partial charge in [-0.25, -0.2) is 0 Å². The number of thioether (sulfide) groups is 1. The summed E-state index contributed by atoms with van der Waals surface area (Å²) in [6.45, 7) is 5.57. The first kappa shape index (κ1) is 14.4. The van der Waals surface area contributed by atoms with Gasteiger partial charge < -0.3 is 9.64 Å². The molecule has 0 aliphatic carbocycles. The van der Waals surface area contributed by atoms with E-state index in [1.165, 1.54) is 11.1 Å². The molecular weight excluding hydrogens is 258 g/mol. The number of carbonyl (C=O) groups is 1. The summed E-state index contributed by atoms with van der Waals surface area (Å²) in [5.41, 5.74) is 2.50. The SMILES string of the molecule is COCCCN1C(=O)[C@H](C)S[C@H]1c1ccccc1C. The number of methoxy groups -OCH3 is 1. The summed E-state index contributed by atoms with van der Waals surface area (Å²) in [6.07, 6.45) is 0.887. The van der Waals surface area contributed by atoms with Crippen LogP contribution in [-0.2, 0) is 9.53 Å². The van der Waals surface area contributed by atoms with Crippen molar-refractivity contribution in [3.05, 3.63) is 35.4 Å². The number of carbonyl (C=O) groups excluding carboxylic acids is 1. The molecule has 1 fully saturated rings. The highest BCUT2D eigenvalue weighted by atomic mass is 32.2. The lowest BCUT2D eigenvalue weighted by atomic mass is 10.1. The number of amides is 1. The molecule has 0 bridgehead atoms. The molecule has 1 aromatic carbocycles.